The van der Waals surface area contributed by atoms with Gasteiger partial charge in [0.05, 0.1) is 23.5 Å². The highest BCUT2D eigenvalue weighted by atomic mass is 16.5. The number of carbonyl (C=O) groups is 1. The van der Waals surface area contributed by atoms with E-state index in [1.807, 2.05) is 80.6 Å². The van der Waals surface area contributed by atoms with Gasteiger partial charge in [0.1, 0.15) is 12.4 Å². The summed E-state index contributed by atoms with van der Waals surface area (Å²) >= 11 is 0. The lowest BCUT2D eigenvalue weighted by molar-refractivity contribution is 0.0946. The smallest absolute Gasteiger partial charge is 0.253 e. The minimum Gasteiger partial charge on any atom is -0.492 e. The number of hydrogen-bond acceptors (Lipinski definition) is 3. The number of aromatic nitrogens is 1. The number of benzene rings is 2. The molecule has 2 aromatic carbocycles. The Morgan fingerprint density at radius 1 is 0.962 bits per heavy atom. The molecule has 0 aliphatic carbocycles. The standard InChI is InChI=1S/C22H22N2O2/c1-16-8-10-19(11-9-16)26-15-14-23-22(25)20-12-13-21(24-17(20)2)18-6-4-3-5-7-18/h3-13H,14-15H2,1-2H3,(H,23,25). The molecule has 1 heterocycles. The van der Waals surface area contributed by atoms with Crippen LogP contribution in [-0.2, 0) is 0 Å². The van der Waals surface area contributed by atoms with Gasteiger partial charge in [0, 0.05) is 5.56 Å². The highest BCUT2D eigenvalue weighted by Crippen LogP contribution is 2.18. The van der Waals surface area contributed by atoms with Crippen molar-refractivity contribution in [2.75, 3.05) is 13.2 Å². The lowest BCUT2D eigenvalue weighted by Crippen LogP contribution is -2.28. The molecule has 132 valence electrons. The van der Waals surface area contributed by atoms with Crippen molar-refractivity contribution in [3.8, 4) is 17.0 Å². The van der Waals surface area contributed by atoms with Crippen molar-refractivity contribution < 1.29 is 9.53 Å². The average Bonchev–Trinajstić information content (AvgIpc) is 2.67. The summed E-state index contributed by atoms with van der Waals surface area (Å²) < 4.78 is 5.62. The molecular formula is C22H22N2O2. The van der Waals surface area contributed by atoms with Crippen LogP contribution in [0.3, 0.4) is 0 Å². The van der Waals surface area contributed by atoms with Gasteiger partial charge in [0.2, 0.25) is 0 Å². The van der Waals surface area contributed by atoms with Crippen LogP contribution in [0.15, 0.2) is 66.7 Å². The molecule has 0 atom stereocenters. The zero-order valence-electron chi connectivity index (χ0n) is 15.0. The minimum atomic E-state index is -0.137. The predicted octanol–water partition coefficient (Wildman–Crippen LogP) is 4.17. The first-order valence-electron chi connectivity index (χ1n) is 8.64. The molecule has 4 nitrogen and oxygen atoms in total. The maximum Gasteiger partial charge on any atom is 0.253 e. The van der Waals surface area contributed by atoms with E-state index in [4.69, 9.17) is 4.74 Å². The molecular weight excluding hydrogens is 324 g/mol. The molecule has 1 amide bonds. The largest absolute Gasteiger partial charge is 0.492 e. The van der Waals surface area contributed by atoms with Crippen LogP contribution in [-0.4, -0.2) is 24.0 Å². The van der Waals surface area contributed by atoms with E-state index in [0.29, 0.717) is 24.4 Å². The molecule has 1 N–H and O–H groups in total. The summed E-state index contributed by atoms with van der Waals surface area (Å²) in [6.07, 6.45) is 0. The molecule has 0 aliphatic heterocycles. The maximum atomic E-state index is 12.4. The van der Waals surface area contributed by atoms with Crippen LogP contribution >= 0.6 is 0 Å². The van der Waals surface area contributed by atoms with Crippen LogP contribution in [0, 0.1) is 13.8 Å². The lowest BCUT2D eigenvalue weighted by atomic mass is 10.1. The molecule has 0 saturated heterocycles. The topological polar surface area (TPSA) is 51.2 Å². The van der Waals surface area contributed by atoms with Crippen LogP contribution in [0.1, 0.15) is 21.6 Å². The van der Waals surface area contributed by atoms with Gasteiger partial charge < -0.3 is 10.1 Å². The molecule has 26 heavy (non-hydrogen) atoms. The van der Waals surface area contributed by atoms with Crippen LogP contribution in [0.2, 0.25) is 0 Å². The monoisotopic (exact) mass is 346 g/mol. The Bertz CT molecular complexity index is 874. The van der Waals surface area contributed by atoms with Crippen molar-refractivity contribution in [3.63, 3.8) is 0 Å². The summed E-state index contributed by atoms with van der Waals surface area (Å²) in [4.78, 5) is 16.9. The summed E-state index contributed by atoms with van der Waals surface area (Å²) in [7, 11) is 0. The molecule has 0 saturated carbocycles. The van der Waals surface area contributed by atoms with Gasteiger partial charge in [0.15, 0.2) is 0 Å². The van der Waals surface area contributed by atoms with Gasteiger partial charge in [-0.2, -0.15) is 0 Å². The van der Waals surface area contributed by atoms with E-state index in [9.17, 15) is 4.79 Å². The zero-order valence-corrected chi connectivity index (χ0v) is 15.0. The molecule has 3 rings (SSSR count). The number of amides is 1. The van der Waals surface area contributed by atoms with Crippen molar-refractivity contribution in [1.29, 1.82) is 0 Å². The van der Waals surface area contributed by atoms with Gasteiger partial charge >= 0.3 is 0 Å². The van der Waals surface area contributed by atoms with E-state index in [1.165, 1.54) is 5.56 Å². The Kier molecular flexibility index (Phi) is 5.64. The summed E-state index contributed by atoms with van der Waals surface area (Å²) in [5.74, 6) is 0.664. The van der Waals surface area contributed by atoms with Gasteiger partial charge in [-0.3, -0.25) is 9.78 Å². The summed E-state index contributed by atoms with van der Waals surface area (Å²) in [5, 5.41) is 2.88. The Hall–Kier alpha value is -3.14. The number of rotatable bonds is 6. The van der Waals surface area contributed by atoms with Crippen molar-refractivity contribution in [2.24, 2.45) is 0 Å². The van der Waals surface area contributed by atoms with Gasteiger partial charge in [-0.15, -0.1) is 0 Å². The molecule has 0 unspecified atom stereocenters. The second-order valence-corrected chi connectivity index (χ2v) is 6.11. The Balaban J connectivity index is 1.55. The zero-order chi connectivity index (χ0) is 18.4. The van der Waals surface area contributed by atoms with Crippen molar-refractivity contribution in [1.82, 2.24) is 10.3 Å². The van der Waals surface area contributed by atoms with Crippen molar-refractivity contribution in [2.45, 2.75) is 13.8 Å². The van der Waals surface area contributed by atoms with Gasteiger partial charge in [0.25, 0.3) is 5.91 Å². The van der Waals surface area contributed by atoms with Gasteiger partial charge in [-0.05, 0) is 38.1 Å². The molecule has 1 aromatic heterocycles. The minimum absolute atomic E-state index is 0.137. The molecule has 0 radical (unpaired) electrons. The molecule has 0 fully saturated rings. The molecule has 0 bridgehead atoms. The maximum absolute atomic E-state index is 12.4. The number of aryl methyl sites for hydroxylation is 2. The summed E-state index contributed by atoms with van der Waals surface area (Å²) in [6, 6.07) is 21.5. The highest BCUT2D eigenvalue weighted by molar-refractivity contribution is 5.95. The average molecular weight is 346 g/mol. The fourth-order valence-electron chi connectivity index (χ4n) is 2.63. The quantitative estimate of drug-likeness (QED) is 0.682. The molecule has 3 aromatic rings. The number of nitrogens with one attached hydrogen (secondary N) is 1. The normalized spacial score (nSPS) is 10.4. The number of nitrogens with zero attached hydrogens (tertiary/aromatic N) is 1. The third-order valence-corrected chi connectivity index (χ3v) is 4.08. The third-order valence-electron chi connectivity index (χ3n) is 4.08. The summed E-state index contributed by atoms with van der Waals surface area (Å²) in [6.45, 7) is 4.74. The lowest BCUT2D eigenvalue weighted by Gasteiger charge is -2.10. The first kappa shape index (κ1) is 17.7. The predicted molar refractivity (Wildman–Crippen MR) is 103 cm³/mol. The Morgan fingerprint density at radius 2 is 1.69 bits per heavy atom. The van der Waals surface area contributed by atoms with Crippen molar-refractivity contribution in [3.05, 3.63) is 83.6 Å². The number of pyridine rings is 1. The fourth-order valence-corrected chi connectivity index (χ4v) is 2.63. The SMILES string of the molecule is Cc1ccc(OCCNC(=O)c2ccc(-c3ccccc3)nc2C)cc1. The van der Waals surface area contributed by atoms with E-state index >= 15 is 0 Å². The second-order valence-electron chi connectivity index (χ2n) is 6.11. The number of ether oxygens (including phenoxy) is 1. The van der Waals surface area contributed by atoms with Gasteiger partial charge in [-0.1, -0.05) is 48.0 Å². The second kappa shape index (κ2) is 8.30. The highest BCUT2D eigenvalue weighted by Gasteiger charge is 2.11. The Morgan fingerprint density at radius 3 is 2.38 bits per heavy atom. The first-order chi connectivity index (χ1) is 12.6. The van der Waals surface area contributed by atoms with Crippen LogP contribution < -0.4 is 10.1 Å². The van der Waals surface area contributed by atoms with E-state index in [1.54, 1.807) is 0 Å². The van der Waals surface area contributed by atoms with E-state index in [2.05, 4.69) is 10.3 Å². The fraction of sp³-hybridized carbons (Fsp3) is 0.182. The van der Waals surface area contributed by atoms with Crippen molar-refractivity contribution >= 4 is 5.91 Å². The Labute approximate surface area is 153 Å². The molecule has 0 spiro atoms. The van der Waals surface area contributed by atoms with E-state index < -0.39 is 0 Å². The number of carbonyl (C=O) groups excluding carboxylic acids is 1. The van der Waals surface area contributed by atoms with Crippen LogP contribution in [0.5, 0.6) is 5.75 Å². The molecule has 0 aliphatic rings. The van der Waals surface area contributed by atoms with E-state index in [-0.39, 0.29) is 5.91 Å². The summed E-state index contributed by atoms with van der Waals surface area (Å²) in [5.41, 5.74) is 4.38. The van der Waals surface area contributed by atoms with Crippen LogP contribution in [0.25, 0.3) is 11.3 Å². The van der Waals surface area contributed by atoms with Gasteiger partial charge in [-0.25, -0.2) is 0 Å². The van der Waals surface area contributed by atoms with E-state index in [0.717, 1.165) is 17.0 Å². The third kappa shape index (κ3) is 4.48. The molecule has 4 heteroatoms. The van der Waals surface area contributed by atoms with Crippen LogP contribution in [0.4, 0.5) is 0 Å². The number of hydrogen-bond donors (Lipinski definition) is 1. The first-order valence-corrected chi connectivity index (χ1v) is 8.64.